The summed E-state index contributed by atoms with van der Waals surface area (Å²) in [7, 11) is 0. The summed E-state index contributed by atoms with van der Waals surface area (Å²) in [5.41, 5.74) is -2.77. The molecule has 0 N–H and O–H groups in total. The van der Waals surface area contributed by atoms with E-state index in [4.69, 9.17) is 19.2 Å². The van der Waals surface area contributed by atoms with Crippen LogP contribution in [-0.2, 0) is 28.8 Å². The first-order chi connectivity index (χ1) is 12.8. The number of benzene rings is 1. The van der Waals surface area contributed by atoms with E-state index >= 15 is 0 Å². The van der Waals surface area contributed by atoms with Crippen LogP contribution in [0.1, 0.15) is 40.0 Å². The molecule has 6 nitrogen and oxygen atoms in total. The molecule has 1 aliphatic carbocycles. The summed E-state index contributed by atoms with van der Waals surface area (Å²) in [4.78, 5) is 38.2. The average Bonchev–Trinajstić information content (AvgIpc) is 2.66. The summed E-state index contributed by atoms with van der Waals surface area (Å²) in [6.07, 6.45) is 1.30. The number of carbonyl (C=O) groups excluding carboxylic acids is 2. The molecule has 146 valence electrons. The van der Waals surface area contributed by atoms with Crippen molar-refractivity contribution in [2.24, 2.45) is 5.41 Å². The van der Waals surface area contributed by atoms with Crippen molar-refractivity contribution in [2.45, 2.75) is 61.9 Å². The van der Waals surface area contributed by atoms with Gasteiger partial charge in [0.05, 0.1) is 5.41 Å². The average molecular weight is 392 g/mol. The second kappa shape index (κ2) is 6.30. The van der Waals surface area contributed by atoms with Gasteiger partial charge in [0.15, 0.2) is 0 Å². The normalized spacial score (nSPS) is 40.6. The molecule has 3 aliphatic rings. The Morgan fingerprint density at radius 3 is 2.56 bits per heavy atom. The fourth-order valence-electron chi connectivity index (χ4n) is 4.51. The molecule has 27 heavy (non-hydrogen) atoms. The lowest BCUT2D eigenvalue weighted by molar-refractivity contribution is -0.539. The molecule has 2 saturated heterocycles. The standard InChI is InChI=1S/C20H24O6S/c1-4-23-17(2)10-11-19-12-20(17,24-16(22)15(19)21)26-25-18(19,3)13-27-14-8-6-5-7-9-14/h5-9H,4,10-13H2,1-3H3/t17-,18+,19+,20-/m1/s1. The molecule has 4 atom stereocenters. The molecule has 2 bridgehead atoms. The van der Waals surface area contributed by atoms with E-state index in [2.05, 4.69) is 0 Å². The summed E-state index contributed by atoms with van der Waals surface area (Å²) in [5.74, 6) is -2.28. The molecule has 4 rings (SSSR count). The molecule has 2 heterocycles. The largest absolute Gasteiger partial charge is 0.421 e. The molecule has 0 unspecified atom stereocenters. The maximum atomic E-state index is 13.0. The summed E-state index contributed by atoms with van der Waals surface area (Å²) in [6.45, 7) is 6.03. The van der Waals surface area contributed by atoms with Gasteiger partial charge in [0.1, 0.15) is 11.2 Å². The molecule has 7 heteroatoms. The molecule has 1 aromatic carbocycles. The van der Waals surface area contributed by atoms with Gasteiger partial charge in [-0.25, -0.2) is 9.68 Å². The minimum atomic E-state index is -1.39. The van der Waals surface area contributed by atoms with Gasteiger partial charge < -0.3 is 9.47 Å². The Labute approximate surface area is 162 Å². The highest BCUT2D eigenvalue weighted by Crippen LogP contribution is 2.63. The predicted octanol–water partition coefficient (Wildman–Crippen LogP) is 3.29. The lowest BCUT2D eigenvalue weighted by Gasteiger charge is -2.63. The predicted molar refractivity (Wildman–Crippen MR) is 97.9 cm³/mol. The van der Waals surface area contributed by atoms with E-state index in [1.807, 2.05) is 51.1 Å². The molecule has 0 aromatic heterocycles. The maximum absolute atomic E-state index is 13.0. The molecule has 2 aliphatic heterocycles. The number of hydrogen-bond donors (Lipinski definition) is 0. The van der Waals surface area contributed by atoms with Gasteiger partial charge in [0.25, 0.3) is 5.79 Å². The van der Waals surface area contributed by atoms with Crippen molar-refractivity contribution < 1.29 is 28.8 Å². The van der Waals surface area contributed by atoms with Crippen molar-refractivity contribution in [3.05, 3.63) is 30.3 Å². The van der Waals surface area contributed by atoms with Crippen LogP contribution in [0.3, 0.4) is 0 Å². The number of Topliss-reactive ketones (excluding diaryl/α,β-unsaturated/α-hetero) is 1. The van der Waals surface area contributed by atoms with Gasteiger partial charge in [-0.3, -0.25) is 4.79 Å². The lowest BCUT2D eigenvalue weighted by Crippen LogP contribution is -2.77. The molecule has 1 aromatic rings. The van der Waals surface area contributed by atoms with Gasteiger partial charge >= 0.3 is 5.97 Å². The van der Waals surface area contributed by atoms with Gasteiger partial charge in [0, 0.05) is 23.7 Å². The Balaban J connectivity index is 1.68. The van der Waals surface area contributed by atoms with Crippen LogP contribution >= 0.6 is 11.8 Å². The third-order valence-electron chi connectivity index (χ3n) is 6.34. The lowest BCUT2D eigenvalue weighted by atomic mass is 9.55. The van der Waals surface area contributed by atoms with E-state index in [0.29, 0.717) is 25.2 Å². The van der Waals surface area contributed by atoms with Crippen molar-refractivity contribution in [1.29, 1.82) is 0 Å². The van der Waals surface area contributed by atoms with Crippen LogP contribution in [0.2, 0.25) is 0 Å². The third-order valence-corrected chi connectivity index (χ3v) is 7.64. The van der Waals surface area contributed by atoms with E-state index < -0.39 is 34.2 Å². The van der Waals surface area contributed by atoms with Crippen molar-refractivity contribution in [1.82, 2.24) is 0 Å². The smallest absolute Gasteiger partial charge is 0.378 e. The van der Waals surface area contributed by atoms with Crippen molar-refractivity contribution in [2.75, 3.05) is 12.4 Å². The fraction of sp³-hybridized carbons (Fsp3) is 0.600. The van der Waals surface area contributed by atoms with Crippen molar-refractivity contribution >= 4 is 23.5 Å². The quantitative estimate of drug-likeness (QED) is 0.330. The minimum absolute atomic E-state index is 0.257. The van der Waals surface area contributed by atoms with Gasteiger partial charge in [-0.1, -0.05) is 18.2 Å². The first-order valence-electron chi connectivity index (χ1n) is 9.26. The number of rotatable bonds is 5. The maximum Gasteiger partial charge on any atom is 0.378 e. The van der Waals surface area contributed by atoms with Crippen LogP contribution in [-0.4, -0.2) is 41.1 Å². The second-order valence-corrected chi connectivity index (χ2v) is 8.94. The summed E-state index contributed by atoms with van der Waals surface area (Å²) in [6, 6.07) is 9.88. The van der Waals surface area contributed by atoms with Gasteiger partial charge in [-0.2, -0.15) is 4.89 Å². The fourth-order valence-corrected chi connectivity index (χ4v) is 5.63. The number of esters is 1. The Hall–Kier alpha value is -1.41. The number of carbonyl (C=O) groups is 2. The van der Waals surface area contributed by atoms with Crippen LogP contribution in [0.5, 0.6) is 0 Å². The molecule has 3 fully saturated rings. The van der Waals surface area contributed by atoms with Crippen LogP contribution in [0.15, 0.2) is 35.2 Å². The van der Waals surface area contributed by atoms with Gasteiger partial charge in [-0.05, 0) is 45.7 Å². The molecule has 0 amide bonds. The zero-order chi connectivity index (χ0) is 19.3. The Kier molecular flexibility index (Phi) is 4.42. The molecule has 1 saturated carbocycles. The first kappa shape index (κ1) is 18.9. The van der Waals surface area contributed by atoms with E-state index in [0.717, 1.165) is 4.90 Å². The minimum Gasteiger partial charge on any atom is -0.421 e. The topological polar surface area (TPSA) is 71.1 Å². The van der Waals surface area contributed by atoms with Crippen LogP contribution in [0.4, 0.5) is 0 Å². The zero-order valence-corrected chi connectivity index (χ0v) is 16.6. The van der Waals surface area contributed by atoms with E-state index in [1.165, 1.54) is 0 Å². The monoisotopic (exact) mass is 392 g/mol. The molecule has 0 spiro atoms. The van der Waals surface area contributed by atoms with Gasteiger partial charge in [0.2, 0.25) is 5.78 Å². The third kappa shape index (κ3) is 2.59. The Morgan fingerprint density at radius 2 is 1.85 bits per heavy atom. The van der Waals surface area contributed by atoms with Crippen molar-refractivity contribution in [3.8, 4) is 0 Å². The summed E-state index contributed by atoms with van der Waals surface area (Å²) < 4.78 is 11.4. The first-order valence-corrected chi connectivity index (χ1v) is 10.2. The number of ketones is 1. The second-order valence-electron chi connectivity index (χ2n) is 7.89. The Morgan fingerprint density at radius 1 is 1.11 bits per heavy atom. The zero-order valence-electron chi connectivity index (χ0n) is 15.8. The van der Waals surface area contributed by atoms with Crippen molar-refractivity contribution in [3.63, 3.8) is 0 Å². The van der Waals surface area contributed by atoms with Crippen LogP contribution in [0.25, 0.3) is 0 Å². The Bertz CT molecular complexity index is 769. The number of hydrogen-bond acceptors (Lipinski definition) is 7. The number of thioether (sulfide) groups is 1. The highest BCUT2D eigenvalue weighted by Gasteiger charge is 2.77. The number of ether oxygens (including phenoxy) is 2. The summed E-state index contributed by atoms with van der Waals surface area (Å²) >= 11 is 1.58. The van der Waals surface area contributed by atoms with Crippen LogP contribution < -0.4 is 0 Å². The van der Waals surface area contributed by atoms with Gasteiger partial charge in [-0.15, -0.1) is 11.8 Å². The highest BCUT2D eigenvalue weighted by molar-refractivity contribution is 7.99. The van der Waals surface area contributed by atoms with Crippen LogP contribution in [0, 0.1) is 5.41 Å². The van der Waals surface area contributed by atoms with E-state index in [9.17, 15) is 9.59 Å². The molecular weight excluding hydrogens is 368 g/mol. The SMILES string of the molecule is CCO[C@]1(C)CC[C@@]23C[C@]1(OO[C@@]2(C)CSc1ccccc1)OC(=O)C3=O. The van der Waals surface area contributed by atoms with E-state index in [-0.39, 0.29) is 6.42 Å². The molecule has 0 radical (unpaired) electrons. The highest BCUT2D eigenvalue weighted by atomic mass is 32.2. The van der Waals surface area contributed by atoms with E-state index in [1.54, 1.807) is 11.8 Å². The summed E-state index contributed by atoms with van der Waals surface area (Å²) in [5, 5.41) is 0. The molecular formula is C20H24O6S.